The largest absolute Gasteiger partial charge is 0.255 e. The highest BCUT2D eigenvalue weighted by atomic mass is 15.3. The van der Waals surface area contributed by atoms with E-state index in [1.54, 1.807) is 12.3 Å². The molecule has 0 fully saturated rings. The van der Waals surface area contributed by atoms with Crippen LogP contribution in [0.2, 0.25) is 0 Å². The third kappa shape index (κ3) is 1.77. The van der Waals surface area contributed by atoms with Crippen molar-refractivity contribution in [3.8, 4) is 29.8 Å². The van der Waals surface area contributed by atoms with Crippen LogP contribution in [0.3, 0.4) is 0 Å². The van der Waals surface area contributed by atoms with Crippen LogP contribution in [0.4, 0.5) is 0 Å². The monoisotopic (exact) mass is 208 g/mol. The van der Waals surface area contributed by atoms with Crippen LogP contribution < -0.4 is 0 Å². The summed E-state index contributed by atoms with van der Waals surface area (Å²) < 4.78 is 1.49. The highest BCUT2D eigenvalue weighted by Crippen LogP contribution is 2.15. The zero-order valence-corrected chi connectivity index (χ0v) is 8.46. The van der Waals surface area contributed by atoms with Gasteiger partial charge in [0.15, 0.2) is 0 Å². The molecule has 0 aromatic carbocycles. The molecule has 0 N–H and O–H groups in total. The van der Waals surface area contributed by atoms with E-state index in [9.17, 15) is 0 Å². The Morgan fingerprint density at radius 1 is 1.38 bits per heavy atom. The summed E-state index contributed by atoms with van der Waals surface area (Å²) in [6.07, 6.45) is 6.88. The zero-order valence-electron chi connectivity index (χ0n) is 8.46. The minimum atomic E-state index is 0.287. The fourth-order valence-electron chi connectivity index (χ4n) is 1.35. The molecule has 0 atom stereocenters. The average Bonchev–Trinajstić information content (AvgIpc) is 2.74. The van der Waals surface area contributed by atoms with Crippen molar-refractivity contribution < 1.29 is 0 Å². The van der Waals surface area contributed by atoms with Gasteiger partial charge in [-0.05, 0) is 12.1 Å². The van der Waals surface area contributed by atoms with Crippen molar-refractivity contribution in [1.82, 2.24) is 14.8 Å². The summed E-state index contributed by atoms with van der Waals surface area (Å²) in [5, 5.41) is 13.1. The van der Waals surface area contributed by atoms with Crippen LogP contribution in [-0.2, 0) is 6.54 Å². The van der Waals surface area contributed by atoms with Gasteiger partial charge in [0.25, 0.3) is 0 Å². The summed E-state index contributed by atoms with van der Waals surface area (Å²) in [5.74, 6) is 2.45. The molecule has 0 aliphatic carbocycles. The second-order valence-corrected chi connectivity index (χ2v) is 3.10. The van der Waals surface area contributed by atoms with E-state index < -0.39 is 0 Å². The van der Waals surface area contributed by atoms with E-state index >= 15 is 0 Å². The second kappa shape index (κ2) is 4.29. The first-order valence-corrected chi connectivity index (χ1v) is 4.68. The Bertz CT molecular complexity index is 569. The molecule has 16 heavy (non-hydrogen) atoms. The number of nitriles is 1. The summed E-state index contributed by atoms with van der Waals surface area (Å²) in [5.41, 5.74) is 1.83. The Hall–Kier alpha value is -2.59. The molecule has 2 rings (SSSR count). The Kier molecular flexibility index (Phi) is 2.67. The Morgan fingerprint density at radius 2 is 2.25 bits per heavy atom. The van der Waals surface area contributed by atoms with E-state index in [-0.39, 0.29) is 6.54 Å². The third-order valence-electron chi connectivity index (χ3n) is 2.06. The molecule has 0 radical (unpaired) electrons. The number of rotatable bonds is 2. The zero-order chi connectivity index (χ0) is 11.4. The van der Waals surface area contributed by atoms with Crippen LogP contribution in [0.15, 0.2) is 30.5 Å². The highest BCUT2D eigenvalue weighted by Gasteiger charge is 2.08. The van der Waals surface area contributed by atoms with Crippen LogP contribution in [0.5, 0.6) is 0 Å². The highest BCUT2D eigenvalue weighted by molar-refractivity contribution is 5.55. The summed E-state index contributed by atoms with van der Waals surface area (Å²) in [6, 6.07) is 9.26. The van der Waals surface area contributed by atoms with Gasteiger partial charge in [-0.1, -0.05) is 12.0 Å². The topological polar surface area (TPSA) is 54.5 Å². The molecule has 0 bridgehead atoms. The number of pyridine rings is 1. The predicted molar refractivity (Wildman–Crippen MR) is 59.0 cm³/mol. The molecular weight excluding hydrogens is 200 g/mol. The maximum Gasteiger partial charge on any atom is 0.140 e. The lowest BCUT2D eigenvalue weighted by Gasteiger charge is -1.95. The van der Waals surface area contributed by atoms with Crippen molar-refractivity contribution in [3.63, 3.8) is 0 Å². The van der Waals surface area contributed by atoms with E-state index in [2.05, 4.69) is 16.0 Å². The maximum absolute atomic E-state index is 8.91. The Labute approximate surface area is 93.2 Å². The lowest BCUT2D eigenvalue weighted by molar-refractivity contribution is 0.707. The van der Waals surface area contributed by atoms with E-state index in [4.69, 9.17) is 11.7 Å². The van der Waals surface area contributed by atoms with Gasteiger partial charge >= 0.3 is 0 Å². The molecule has 0 unspecified atom stereocenters. The van der Waals surface area contributed by atoms with Crippen molar-refractivity contribution in [2.75, 3.05) is 0 Å². The standard InChI is InChI=1S/C12H8N4/c1-2-7-16-10(9-13)8-12(15-16)11-5-3-4-6-14-11/h1,3-6,8H,7H2. The number of terminal acetylenes is 1. The average molecular weight is 208 g/mol. The van der Waals surface area contributed by atoms with Gasteiger partial charge in [0.1, 0.15) is 24.0 Å². The molecule has 76 valence electrons. The Balaban J connectivity index is 2.46. The van der Waals surface area contributed by atoms with Crippen LogP contribution in [0.25, 0.3) is 11.4 Å². The molecule has 0 amide bonds. The van der Waals surface area contributed by atoms with Crippen molar-refractivity contribution in [3.05, 3.63) is 36.2 Å². The smallest absolute Gasteiger partial charge is 0.140 e. The van der Waals surface area contributed by atoms with Crippen molar-refractivity contribution in [2.45, 2.75) is 6.54 Å². The first kappa shape index (κ1) is 9.95. The van der Waals surface area contributed by atoms with E-state index in [1.807, 2.05) is 24.3 Å². The van der Waals surface area contributed by atoms with Gasteiger partial charge in [-0.2, -0.15) is 10.4 Å². The Morgan fingerprint density at radius 3 is 2.88 bits per heavy atom. The van der Waals surface area contributed by atoms with Gasteiger partial charge in [-0.15, -0.1) is 6.42 Å². The van der Waals surface area contributed by atoms with Crippen LogP contribution in [-0.4, -0.2) is 14.8 Å². The van der Waals surface area contributed by atoms with Gasteiger partial charge in [-0.25, -0.2) is 4.68 Å². The van der Waals surface area contributed by atoms with Crippen molar-refractivity contribution >= 4 is 0 Å². The third-order valence-corrected chi connectivity index (χ3v) is 2.06. The fourth-order valence-corrected chi connectivity index (χ4v) is 1.35. The van der Waals surface area contributed by atoms with Gasteiger partial charge in [0, 0.05) is 12.3 Å². The molecule has 4 nitrogen and oxygen atoms in total. The minimum absolute atomic E-state index is 0.287. The molecule has 0 saturated carbocycles. The fraction of sp³-hybridized carbons (Fsp3) is 0.0833. The number of hydrogen-bond donors (Lipinski definition) is 0. The summed E-state index contributed by atoms with van der Waals surface area (Å²) in [7, 11) is 0. The lowest BCUT2D eigenvalue weighted by atomic mass is 10.2. The van der Waals surface area contributed by atoms with Crippen LogP contribution in [0, 0.1) is 23.7 Å². The van der Waals surface area contributed by atoms with Gasteiger partial charge in [0.05, 0.1) is 5.69 Å². The van der Waals surface area contributed by atoms with E-state index in [0.717, 1.165) is 5.69 Å². The van der Waals surface area contributed by atoms with Gasteiger partial charge in [-0.3, -0.25) is 4.98 Å². The molecule has 0 aliphatic rings. The molecule has 0 saturated heterocycles. The molecular formula is C12H8N4. The summed E-state index contributed by atoms with van der Waals surface area (Å²) in [6.45, 7) is 0.287. The molecule has 0 aliphatic heterocycles. The van der Waals surface area contributed by atoms with E-state index in [0.29, 0.717) is 11.4 Å². The van der Waals surface area contributed by atoms with Crippen molar-refractivity contribution in [1.29, 1.82) is 5.26 Å². The lowest BCUT2D eigenvalue weighted by Crippen LogP contribution is -2.00. The molecule has 2 aromatic rings. The number of nitrogens with zero attached hydrogens (tertiary/aromatic N) is 4. The quantitative estimate of drug-likeness (QED) is 0.702. The molecule has 4 heteroatoms. The van der Waals surface area contributed by atoms with Crippen molar-refractivity contribution in [2.24, 2.45) is 0 Å². The number of hydrogen-bond acceptors (Lipinski definition) is 3. The molecule has 0 spiro atoms. The summed E-state index contributed by atoms with van der Waals surface area (Å²) in [4.78, 5) is 4.16. The van der Waals surface area contributed by atoms with Crippen LogP contribution >= 0.6 is 0 Å². The van der Waals surface area contributed by atoms with E-state index in [1.165, 1.54) is 4.68 Å². The second-order valence-electron chi connectivity index (χ2n) is 3.10. The first-order valence-electron chi connectivity index (χ1n) is 4.68. The molecule has 2 aromatic heterocycles. The minimum Gasteiger partial charge on any atom is -0.255 e. The first-order chi connectivity index (χ1) is 7.85. The predicted octanol–water partition coefficient (Wildman–Crippen LogP) is 1.45. The SMILES string of the molecule is C#CCn1nc(-c2ccccn2)cc1C#N. The van der Waals surface area contributed by atoms with Crippen LogP contribution in [0.1, 0.15) is 5.69 Å². The normalized spacial score (nSPS) is 9.38. The summed E-state index contributed by atoms with van der Waals surface area (Å²) >= 11 is 0. The maximum atomic E-state index is 8.91. The van der Waals surface area contributed by atoms with Gasteiger partial charge in [0.2, 0.25) is 0 Å². The van der Waals surface area contributed by atoms with Gasteiger partial charge < -0.3 is 0 Å². The molecule has 2 heterocycles. The number of aromatic nitrogens is 3.